The number of fused-ring (bicyclic) bond motifs is 2. The van der Waals surface area contributed by atoms with Crippen molar-refractivity contribution in [3.63, 3.8) is 0 Å². The number of allylic oxidation sites excluding steroid dienone is 2. The zero-order valence-corrected chi connectivity index (χ0v) is 16.6. The molecule has 0 aliphatic carbocycles. The molecule has 0 atom stereocenters. The average Bonchev–Trinajstić information content (AvgIpc) is 3.01. The van der Waals surface area contributed by atoms with Crippen molar-refractivity contribution in [2.75, 3.05) is 0 Å². The third-order valence-electron chi connectivity index (χ3n) is 5.29. The quantitative estimate of drug-likeness (QED) is 0.403. The van der Waals surface area contributed by atoms with Crippen LogP contribution in [0.1, 0.15) is 19.4 Å². The number of nitriles is 3. The highest BCUT2D eigenvalue weighted by molar-refractivity contribution is 6.06. The third kappa shape index (κ3) is 3.00. The van der Waals surface area contributed by atoms with Crippen LogP contribution in [0.15, 0.2) is 83.2 Å². The fourth-order valence-corrected chi connectivity index (χ4v) is 3.88. The molecule has 0 saturated heterocycles. The summed E-state index contributed by atoms with van der Waals surface area (Å²) in [5.41, 5.74) is 0.871. The number of rotatable bonds is 2. The van der Waals surface area contributed by atoms with E-state index < -0.39 is 5.60 Å². The van der Waals surface area contributed by atoms with Gasteiger partial charge < -0.3 is 4.74 Å². The van der Waals surface area contributed by atoms with Crippen LogP contribution < -0.4 is 0 Å². The van der Waals surface area contributed by atoms with E-state index in [4.69, 9.17) is 4.74 Å². The summed E-state index contributed by atoms with van der Waals surface area (Å²) in [6.07, 6.45) is 3.86. The van der Waals surface area contributed by atoms with Crippen molar-refractivity contribution >= 4 is 27.6 Å². The monoisotopic (exact) mass is 387 g/mol. The van der Waals surface area contributed by atoms with Gasteiger partial charge in [0.15, 0.2) is 11.3 Å². The molecule has 4 heteroatoms. The summed E-state index contributed by atoms with van der Waals surface area (Å²) in [5.74, 6) is 0.0509. The Labute approximate surface area is 174 Å². The Kier molecular flexibility index (Phi) is 4.59. The molecule has 3 aromatic carbocycles. The van der Waals surface area contributed by atoms with E-state index in [2.05, 4.69) is 36.4 Å². The Morgan fingerprint density at radius 1 is 0.867 bits per heavy atom. The Morgan fingerprint density at radius 2 is 1.43 bits per heavy atom. The molecule has 0 aromatic heterocycles. The normalized spacial score (nSPS) is 15.1. The van der Waals surface area contributed by atoms with Crippen molar-refractivity contribution in [2.24, 2.45) is 0 Å². The molecular weight excluding hydrogens is 370 g/mol. The molecule has 4 rings (SSSR count). The van der Waals surface area contributed by atoms with Gasteiger partial charge in [0.2, 0.25) is 0 Å². The Bertz CT molecular complexity index is 1350. The van der Waals surface area contributed by atoms with E-state index in [1.165, 1.54) is 0 Å². The molecule has 30 heavy (non-hydrogen) atoms. The third-order valence-corrected chi connectivity index (χ3v) is 5.29. The van der Waals surface area contributed by atoms with Gasteiger partial charge >= 0.3 is 0 Å². The highest BCUT2D eigenvalue weighted by Gasteiger charge is 2.38. The lowest BCUT2D eigenvalue weighted by Crippen LogP contribution is -2.20. The first-order chi connectivity index (χ1) is 14.5. The standard InChI is InChI=1S/C26H17N3O/c1-26(2)24(23(16-29)25(30-26)19(14-27)15-28)12-11-22-20-9-5-3-7-17(20)13-18-8-4-6-10-21(18)22/h3-13H,1-2H3/b12-11+. The minimum Gasteiger partial charge on any atom is -0.480 e. The SMILES string of the molecule is CC1(C)OC(=C(C#N)C#N)C(C#N)=C1/C=C/c1c2ccccc2cc2ccccc12. The molecule has 0 N–H and O–H groups in total. The van der Waals surface area contributed by atoms with Crippen molar-refractivity contribution < 1.29 is 4.74 Å². The van der Waals surface area contributed by atoms with E-state index in [-0.39, 0.29) is 16.9 Å². The molecule has 1 aliphatic rings. The second-order valence-corrected chi connectivity index (χ2v) is 7.51. The maximum absolute atomic E-state index is 9.74. The smallest absolute Gasteiger partial charge is 0.172 e. The van der Waals surface area contributed by atoms with Crippen LogP contribution in [0.4, 0.5) is 0 Å². The maximum Gasteiger partial charge on any atom is 0.172 e. The van der Waals surface area contributed by atoms with Crippen LogP contribution in [0.3, 0.4) is 0 Å². The van der Waals surface area contributed by atoms with Crippen LogP contribution in [0.2, 0.25) is 0 Å². The summed E-state index contributed by atoms with van der Waals surface area (Å²) in [5, 5.41) is 32.7. The predicted molar refractivity (Wildman–Crippen MR) is 117 cm³/mol. The molecule has 142 valence electrons. The minimum absolute atomic E-state index is 0.0509. The van der Waals surface area contributed by atoms with Crippen LogP contribution in [0, 0.1) is 34.0 Å². The molecule has 0 amide bonds. The van der Waals surface area contributed by atoms with Gasteiger partial charge in [-0.2, -0.15) is 15.8 Å². The topological polar surface area (TPSA) is 80.6 Å². The van der Waals surface area contributed by atoms with Gasteiger partial charge in [0.1, 0.15) is 29.4 Å². The van der Waals surface area contributed by atoms with Crippen molar-refractivity contribution in [3.05, 3.63) is 88.7 Å². The molecule has 0 unspecified atom stereocenters. The van der Waals surface area contributed by atoms with E-state index in [9.17, 15) is 15.8 Å². The summed E-state index contributed by atoms with van der Waals surface area (Å²) >= 11 is 0. The lowest BCUT2D eigenvalue weighted by Gasteiger charge is -2.20. The highest BCUT2D eigenvalue weighted by Crippen LogP contribution is 2.41. The molecule has 1 heterocycles. The van der Waals surface area contributed by atoms with E-state index >= 15 is 0 Å². The average molecular weight is 387 g/mol. The number of ether oxygens (including phenoxy) is 1. The van der Waals surface area contributed by atoms with Gasteiger partial charge in [0, 0.05) is 5.57 Å². The predicted octanol–water partition coefficient (Wildman–Crippen LogP) is 5.94. The van der Waals surface area contributed by atoms with Crippen molar-refractivity contribution in [1.82, 2.24) is 0 Å². The molecule has 4 nitrogen and oxygen atoms in total. The Hall–Kier alpha value is -4.33. The Morgan fingerprint density at radius 3 is 1.97 bits per heavy atom. The Balaban J connectivity index is 1.98. The summed E-state index contributed by atoms with van der Waals surface area (Å²) < 4.78 is 5.86. The van der Waals surface area contributed by atoms with Gasteiger partial charge in [-0.05, 0) is 47.0 Å². The van der Waals surface area contributed by atoms with Gasteiger partial charge in [0.05, 0.1) is 0 Å². The highest BCUT2D eigenvalue weighted by atomic mass is 16.5. The van der Waals surface area contributed by atoms with Crippen molar-refractivity contribution in [1.29, 1.82) is 15.8 Å². The molecule has 0 saturated carbocycles. The van der Waals surface area contributed by atoms with E-state index in [1.807, 2.05) is 62.4 Å². The van der Waals surface area contributed by atoms with Crippen LogP contribution in [0.25, 0.3) is 27.6 Å². The molecule has 0 bridgehead atoms. The lowest BCUT2D eigenvalue weighted by molar-refractivity contribution is 0.0954. The van der Waals surface area contributed by atoms with Crippen LogP contribution in [-0.2, 0) is 4.74 Å². The molecule has 0 spiro atoms. The van der Waals surface area contributed by atoms with Gasteiger partial charge in [0.25, 0.3) is 0 Å². The summed E-state index contributed by atoms with van der Waals surface area (Å²) in [7, 11) is 0. The number of hydrogen-bond acceptors (Lipinski definition) is 4. The number of benzene rings is 3. The lowest BCUT2D eigenvalue weighted by atomic mass is 9.92. The van der Waals surface area contributed by atoms with Gasteiger partial charge in [-0.1, -0.05) is 60.7 Å². The molecular formula is C26H17N3O. The molecule has 0 radical (unpaired) electrons. The first-order valence-corrected chi connectivity index (χ1v) is 9.47. The zero-order chi connectivity index (χ0) is 21.3. The fourth-order valence-electron chi connectivity index (χ4n) is 3.88. The van der Waals surface area contributed by atoms with Gasteiger partial charge in [-0.15, -0.1) is 0 Å². The minimum atomic E-state index is -0.837. The second kappa shape index (κ2) is 7.25. The van der Waals surface area contributed by atoms with E-state index in [1.54, 1.807) is 0 Å². The van der Waals surface area contributed by atoms with Crippen molar-refractivity contribution in [2.45, 2.75) is 19.4 Å². The van der Waals surface area contributed by atoms with Crippen molar-refractivity contribution in [3.8, 4) is 18.2 Å². The number of hydrogen-bond donors (Lipinski definition) is 0. The second-order valence-electron chi connectivity index (χ2n) is 7.51. The summed E-state index contributed by atoms with van der Waals surface area (Å²) in [6.45, 7) is 3.65. The molecule has 0 fully saturated rings. The summed E-state index contributed by atoms with van der Waals surface area (Å²) in [4.78, 5) is 0. The van der Waals surface area contributed by atoms with Crippen LogP contribution in [-0.4, -0.2) is 5.60 Å². The first kappa shape index (κ1) is 19.0. The first-order valence-electron chi connectivity index (χ1n) is 9.47. The zero-order valence-electron chi connectivity index (χ0n) is 16.6. The molecule has 1 aliphatic heterocycles. The van der Waals surface area contributed by atoms with Crippen LogP contribution >= 0.6 is 0 Å². The summed E-state index contributed by atoms with van der Waals surface area (Å²) in [6, 6.07) is 24.3. The molecule has 3 aromatic rings. The van der Waals surface area contributed by atoms with E-state index in [0.717, 1.165) is 27.1 Å². The maximum atomic E-state index is 9.74. The fraction of sp³-hybridized carbons (Fsp3) is 0.115. The largest absolute Gasteiger partial charge is 0.480 e. The van der Waals surface area contributed by atoms with Crippen LogP contribution in [0.5, 0.6) is 0 Å². The van der Waals surface area contributed by atoms with Gasteiger partial charge in [-0.25, -0.2) is 0 Å². The van der Waals surface area contributed by atoms with E-state index in [0.29, 0.717) is 5.57 Å². The van der Waals surface area contributed by atoms with Gasteiger partial charge in [-0.3, -0.25) is 0 Å². The number of nitrogens with zero attached hydrogens (tertiary/aromatic N) is 3.